The highest BCUT2D eigenvalue weighted by molar-refractivity contribution is 7.17. The van der Waals surface area contributed by atoms with Gasteiger partial charge in [0.1, 0.15) is 0 Å². The second kappa shape index (κ2) is 6.05. The van der Waals surface area contributed by atoms with Crippen molar-refractivity contribution in [2.75, 3.05) is 25.0 Å². The lowest BCUT2D eigenvalue weighted by Gasteiger charge is -2.20. The highest BCUT2D eigenvalue weighted by atomic mass is 32.1. The largest absolute Gasteiger partial charge is 0.360 e. The molecule has 0 bridgehead atoms. The van der Waals surface area contributed by atoms with Gasteiger partial charge in [-0.1, -0.05) is 18.3 Å². The third kappa shape index (κ3) is 2.78. The van der Waals surface area contributed by atoms with E-state index in [1.165, 1.54) is 30.7 Å². The molecule has 2 aliphatic heterocycles. The molecule has 2 N–H and O–H groups in total. The van der Waals surface area contributed by atoms with Crippen LogP contribution in [0.3, 0.4) is 0 Å². The molecule has 0 aliphatic carbocycles. The Balaban J connectivity index is 1.57. The minimum atomic E-state index is -0.0780. The minimum Gasteiger partial charge on any atom is -0.360 e. The van der Waals surface area contributed by atoms with Gasteiger partial charge in [-0.05, 0) is 32.2 Å². The summed E-state index contributed by atoms with van der Waals surface area (Å²) in [6.45, 7) is 5.24. The molecule has 110 valence electrons. The van der Waals surface area contributed by atoms with Gasteiger partial charge in [0, 0.05) is 25.2 Å². The summed E-state index contributed by atoms with van der Waals surface area (Å²) >= 11 is 1.33. The Morgan fingerprint density at radius 1 is 1.40 bits per heavy atom. The summed E-state index contributed by atoms with van der Waals surface area (Å²) < 4.78 is 0. The number of aromatic nitrogens is 2. The fraction of sp³-hybridized carbons (Fsp3) is 0.769. The minimum absolute atomic E-state index is 0.0780. The van der Waals surface area contributed by atoms with Crippen LogP contribution >= 0.6 is 11.3 Å². The third-order valence-corrected chi connectivity index (χ3v) is 4.95. The summed E-state index contributed by atoms with van der Waals surface area (Å²) in [5, 5.41) is 15.5. The number of hydrogen-bond donors (Lipinski definition) is 2. The van der Waals surface area contributed by atoms with Gasteiger partial charge in [0.05, 0.1) is 0 Å². The van der Waals surface area contributed by atoms with Crippen molar-refractivity contribution in [3.05, 3.63) is 5.01 Å². The van der Waals surface area contributed by atoms with Gasteiger partial charge >= 0.3 is 0 Å². The summed E-state index contributed by atoms with van der Waals surface area (Å²) in [5.74, 6) is -0.0780. The van der Waals surface area contributed by atoms with E-state index < -0.39 is 0 Å². The molecule has 6 nitrogen and oxygen atoms in total. The molecular weight excluding hydrogens is 274 g/mol. The van der Waals surface area contributed by atoms with E-state index in [9.17, 15) is 4.79 Å². The molecule has 1 aromatic heterocycles. The van der Waals surface area contributed by atoms with E-state index in [0.29, 0.717) is 11.0 Å². The molecule has 1 amide bonds. The van der Waals surface area contributed by atoms with Gasteiger partial charge in [0.15, 0.2) is 0 Å². The van der Waals surface area contributed by atoms with Gasteiger partial charge in [0.25, 0.3) is 5.91 Å². The van der Waals surface area contributed by atoms with E-state index >= 15 is 0 Å². The predicted octanol–water partition coefficient (Wildman–Crippen LogP) is 1.33. The SMILES string of the molecule is CCCNc1nnc(C(=O)NC2CCN3CCCC23)s1. The quantitative estimate of drug-likeness (QED) is 0.857. The molecule has 2 unspecified atom stereocenters. The van der Waals surface area contributed by atoms with Crippen molar-refractivity contribution in [3.63, 3.8) is 0 Å². The van der Waals surface area contributed by atoms with Crippen molar-refractivity contribution in [1.82, 2.24) is 20.4 Å². The molecule has 2 aliphatic rings. The molecular formula is C13H21N5OS. The van der Waals surface area contributed by atoms with Crippen LogP contribution in [0.4, 0.5) is 5.13 Å². The van der Waals surface area contributed by atoms with Crippen molar-refractivity contribution in [1.29, 1.82) is 0 Å². The molecule has 1 aromatic rings. The number of carbonyl (C=O) groups excluding carboxylic acids is 1. The highest BCUT2D eigenvalue weighted by Gasteiger charge is 2.38. The van der Waals surface area contributed by atoms with Crippen LogP contribution in [-0.2, 0) is 0 Å². The van der Waals surface area contributed by atoms with Crippen molar-refractivity contribution < 1.29 is 4.79 Å². The van der Waals surface area contributed by atoms with Crippen molar-refractivity contribution in [3.8, 4) is 0 Å². The molecule has 3 heterocycles. The number of anilines is 1. The topological polar surface area (TPSA) is 70.1 Å². The Bertz CT molecular complexity index is 477. The van der Waals surface area contributed by atoms with Gasteiger partial charge in [-0.25, -0.2) is 0 Å². The van der Waals surface area contributed by atoms with Crippen molar-refractivity contribution in [2.45, 2.75) is 44.7 Å². The van der Waals surface area contributed by atoms with Gasteiger partial charge in [0.2, 0.25) is 10.1 Å². The predicted molar refractivity (Wildman–Crippen MR) is 79.2 cm³/mol. The number of nitrogens with one attached hydrogen (secondary N) is 2. The van der Waals surface area contributed by atoms with E-state index in [4.69, 9.17) is 0 Å². The molecule has 2 fully saturated rings. The molecule has 7 heteroatoms. The van der Waals surface area contributed by atoms with E-state index in [1.807, 2.05) is 0 Å². The monoisotopic (exact) mass is 295 g/mol. The average Bonchev–Trinajstić information content (AvgIpc) is 3.14. The van der Waals surface area contributed by atoms with Crippen LogP contribution in [0.15, 0.2) is 0 Å². The molecule has 20 heavy (non-hydrogen) atoms. The number of rotatable bonds is 5. The highest BCUT2D eigenvalue weighted by Crippen LogP contribution is 2.28. The summed E-state index contributed by atoms with van der Waals surface area (Å²) in [4.78, 5) is 14.7. The molecule has 2 saturated heterocycles. The average molecular weight is 295 g/mol. The van der Waals surface area contributed by atoms with E-state index in [-0.39, 0.29) is 11.9 Å². The first-order chi connectivity index (χ1) is 9.78. The maximum atomic E-state index is 12.2. The third-order valence-electron chi connectivity index (χ3n) is 4.07. The lowest BCUT2D eigenvalue weighted by molar-refractivity contribution is 0.0928. The summed E-state index contributed by atoms with van der Waals surface area (Å²) in [7, 11) is 0. The van der Waals surface area contributed by atoms with Crippen LogP contribution in [0, 0.1) is 0 Å². The first kappa shape index (κ1) is 13.8. The van der Waals surface area contributed by atoms with E-state index in [2.05, 4.69) is 32.7 Å². The van der Waals surface area contributed by atoms with Gasteiger partial charge in [-0.2, -0.15) is 0 Å². The summed E-state index contributed by atoms with van der Waals surface area (Å²) in [5.41, 5.74) is 0. The first-order valence-electron chi connectivity index (χ1n) is 7.40. The molecule has 3 rings (SSSR count). The van der Waals surface area contributed by atoms with Crippen LogP contribution in [0.2, 0.25) is 0 Å². The number of carbonyl (C=O) groups is 1. The van der Waals surface area contributed by atoms with E-state index in [0.717, 1.165) is 31.1 Å². The molecule has 2 atom stereocenters. The van der Waals surface area contributed by atoms with Crippen molar-refractivity contribution >= 4 is 22.4 Å². The first-order valence-corrected chi connectivity index (χ1v) is 8.22. The number of fused-ring (bicyclic) bond motifs is 1. The molecule has 0 spiro atoms. The summed E-state index contributed by atoms with van der Waals surface area (Å²) in [6, 6.07) is 0.811. The molecule has 0 aromatic carbocycles. The maximum Gasteiger partial charge on any atom is 0.282 e. The van der Waals surface area contributed by atoms with Crippen LogP contribution in [-0.4, -0.2) is 52.7 Å². The number of amides is 1. The molecule has 0 radical (unpaired) electrons. The van der Waals surface area contributed by atoms with Crippen molar-refractivity contribution in [2.24, 2.45) is 0 Å². The smallest absolute Gasteiger partial charge is 0.282 e. The normalized spacial score (nSPS) is 25.6. The molecule has 0 saturated carbocycles. The Kier molecular flexibility index (Phi) is 4.16. The number of hydrogen-bond acceptors (Lipinski definition) is 6. The van der Waals surface area contributed by atoms with Gasteiger partial charge < -0.3 is 10.6 Å². The Hall–Kier alpha value is -1.21. The maximum absolute atomic E-state index is 12.2. The van der Waals surface area contributed by atoms with Gasteiger partial charge in [-0.15, -0.1) is 10.2 Å². The zero-order valence-corrected chi connectivity index (χ0v) is 12.6. The Morgan fingerprint density at radius 3 is 3.15 bits per heavy atom. The van der Waals surface area contributed by atoms with Gasteiger partial charge in [-0.3, -0.25) is 9.69 Å². The van der Waals surface area contributed by atoms with Crippen LogP contribution < -0.4 is 10.6 Å². The second-order valence-electron chi connectivity index (χ2n) is 5.45. The Labute approximate surface area is 123 Å². The fourth-order valence-electron chi connectivity index (χ4n) is 3.10. The van der Waals surface area contributed by atoms with Crippen LogP contribution in [0.5, 0.6) is 0 Å². The Morgan fingerprint density at radius 2 is 2.30 bits per heavy atom. The lowest BCUT2D eigenvalue weighted by Crippen LogP contribution is -2.42. The van der Waals surface area contributed by atoms with Crippen LogP contribution in [0.1, 0.15) is 42.4 Å². The number of nitrogens with zero attached hydrogens (tertiary/aromatic N) is 3. The standard InChI is InChI=1S/C13H21N5OS/c1-2-6-14-13-17-16-12(20-13)11(19)15-9-5-8-18-7-3-4-10(9)18/h9-10H,2-8H2,1H3,(H,14,17)(H,15,19). The summed E-state index contributed by atoms with van der Waals surface area (Å²) in [6.07, 6.45) is 4.53. The second-order valence-corrected chi connectivity index (χ2v) is 6.43. The fourth-order valence-corrected chi connectivity index (χ4v) is 3.77. The lowest BCUT2D eigenvalue weighted by atomic mass is 10.1. The van der Waals surface area contributed by atoms with Crippen LogP contribution in [0.25, 0.3) is 0 Å². The zero-order chi connectivity index (χ0) is 13.9. The zero-order valence-electron chi connectivity index (χ0n) is 11.8. The van der Waals surface area contributed by atoms with E-state index in [1.54, 1.807) is 0 Å².